The van der Waals surface area contributed by atoms with Crippen molar-refractivity contribution in [3.63, 3.8) is 0 Å². The third kappa shape index (κ3) is 6.80. The van der Waals surface area contributed by atoms with Crippen LogP contribution in [0.25, 0.3) is 6.08 Å². The van der Waals surface area contributed by atoms with Gasteiger partial charge in [0.05, 0.1) is 11.2 Å². The summed E-state index contributed by atoms with van der Waals surface area (Å²) >= 11 is 0. The van der Waals surface area contributed by atoms with Gasteiger partial charge in [-0.1, -0.05) is 56.9 Å². The summed E-state index contributed by atoms with van der Waals surface area (Å²) in [4.78, 5) is 0. The molecule has 0 aliphatic carbocycles. The van der Waals surface area contributed by atoms with E-state index in [2.05, 4.69) is 6.92 Å². The van der Waals surface area contributed by atoms with Crippen molar-refractivity contribution >= 4 is 6.08 Å². The Balaban J connectivity index is 2.58. The highest BCUT2D eigenvalue weighted by Crippen LogP contribution is 2.29. The molecule has 0 fully saturated rings. The molecule has 1 nitrogen and oxygen atoms in total. The zero-order chi connectivity index (χ0) is 15.9. The Morgan fingerprint density at radius 1 is 1.05 bits per heavy atom. The Bertz CT molecular complexity index is 444. The molecule has 1 N–H and O–H groups in total. The van der Waals surface area contributed by atoms with Crippen LogP contribution in [-0.4, -0.2) is 10.7 Å². The maximum absolute atomic E-state index is 12.4. The van der Waals surface area contributed by atoms with Gasteiger partial charge in [0.25, 0.3) is 0 Å². The molecule has 0 heterocycles. The minimum absolute atomic E-state index is 0.650. The summed E-state index contributed by atoms with van der Waals surface area (Å²) in [6.45, 7) is 3.85. The monoisotopic (exact) mass is 300 g/mol. The number of halogens is 3. The first kappa shape index (κ1) is 17.8. The van der Waals surface area contributed by atoms with E-state index in [0.717, 1.165) is 37.8 Å². The van der Waals surface area contributed by atoms with Gasteiger partial charge in [-0.25, -0.2) is 0 Å². The Kier molecular flexibility index (Phi) is 6.46. The molecule has 1 aromatic carbocycles. The second kappa shape index (κ2) is 7.64. The van der Waals surface area contributed by atoms with Gasteiger partial charge >= 0.3 is 6.18 Å². The lowest BCUT2D eigenvalue weighted by Crippen LogP contribution is -2.20. The lowest BCUT2D eigenvalue weighted by atomic mass is 9.96. The molecule has 0 saturated carbocycles. The summed E-state index contributed by atoms with van der Waals surface area (Å²) in [5, 5.41) is 10.2. The molecule has 1 aromatic rings. The summed E-state index contributed by atoms with van der Waals surface area (Å²) in [6, 6.07) is 4.92. The van der Waals surface area contributed by atoms with Gasteiger partial charge in [0, 0.05) is 0 Å². The van der Waals surface area contributed by atoms with Crippen LogP contribution in [0.15, 0.2) is 30.3 Å². The smallest absolute Gasteiger partial charge is 0.386 e. The molecule has 0 radical (unpaired) electrons. The molecule has 0 aliphatic heterocycles. The van der Waals surface area contributed by atoms with E-state index in [1.165, 1.54) is 12.1 Å². The summed E-state index contributed by atoms with van der Waals surface area (Å²) in [7, 11) is 0. The van der Waals surface area contributed by atoms with Gasteiger partial charge in [-0.05, 0) is 31.0 Å². The molecule has 4 heteroatoms. The summed E-state index contributed by atoms with van der Waals surface area (Å²) < 4.78 is 37.3. The minimum atomic E-state index is -4.31. The highest BCUT2D eigenvalue weighted by Gasteiger charge is 2.29. The Morgan fingerprint density at radius 3 is 2.19 bits per heavy atom. The summed E-state index contributed by atoms with van der Waals surface area (Å²) in [5.74, 6) is 0. The number of alkyl halides is 3. The predicted molar refractivity (Wildman–Crippen MR) is 79.9 cm³/mol. The lowest BCUT2D eigenvalue weighted by Gasteiger charge is -2.18. The van der Waals surface area contributed by atoms with Crippen molar-refractivity contribution in [3.8, 4) is 0 Å². The Morgan fingerprint density at radius 2 is 1.67 bits per heavy atom. The molecule has 1 rings (SSSR count). The largest absolute Gasteiger partial charge is 0.416 e. The van der Waals surface area contributed by atoms with Gasteiger partial charge in [-0.2, -0.15) is 13.2 Å². The van der Waals surface area contributed by atoms with Gasteiger partial charge in [0.15, 0.2) is 0 Å². The van der Waals surface area contributed by atoms with Crippen LogP contribution >= 0.6 is 0 Å². The average molecular weight is 300 g/mol. The van der Waals surface area contributed by atoms with Crippen LogP contribution in [0.1, 0.15) is 57.1 Å². The number of rotatable bonds is 7. The van der Waals surface area contributed by atoms with Gasteiger partial charge in [-0.3, -0.25) is 0 Å². The number of hydrogen-bond donors (Lipinski definition) is 1. The van der Waals surface area contributed by atoms with Crippen molar-refractivity contribution in [2.75, 3.05) is 0 Å². The van der Waals surface area contributed by atoms with Crippen molar-refractivity contribution in [2.24, 2.45) is 0 Å². The molecular formula is C17H23F3O. The van der Waals surface area contributed by atoms with Crippen LogP contribution in [0.4, 0.5) is 13.2 Å². The van der Waals surface area contributed by atoms with Crippen LogP contribution in [0.3, 0.4) is 0 Å². The standard InChI is InChI=1S/C17H23F3O/c1-3-4-5-6-12-16(2,21)13-11-14-7-9-15(10-8-14)17(18,19)20/h7-11,13,21H,3-6,12H2,1-2H3/b13-11+/t16-/m1/s1. The second-order valence-corrected chi connectivity index (χ2v) is 5.62. The van der Waals surface area contributed by atoms with E-state index < -0.39 is 17.3 Å². The number of aliphatic hydroxyl groups is 1. The number of hydrogen-bond acceptors (Lipinski definition) is 1. The third-order valence-corrected chi connectivity index (χ3v) is 3.41. The molecule has 0 amide bonds. The van der Waals surface area contributed by atoms with Crippen molar-refractivity contribution in [2.45, 2.75) is 57.7 Å². The molecule has 21 heavy (non-hydrogen) atoms. The quantitative estimate of drug-likeness (QED) is 0.665. The fourth-order valence-electron chi connectivity index (χ4n) is 2.05. The zero-order valence-corrected chi connectivity index (χ0v) is 12.6. The van der Waals surface area contributed by atoms with Crippen molar-refractivity contribution in [1.29, 1.82) is 0 Å². The Hall–Kier alpha value is -1.29. The van der Waals surface area contributed by atoms with Crippen LogP contribution in [0.5, 0.6) is 0 Å². The summed E-state index contributed by atoms with van der Waals surface area (Å²) in [5.41, 5.74) is -0.931. The Labute approximate surface area is 124 Å². The van der Waals surface area contributed by atoms with E-state index in [9.17, 15) is 18.3 Å². The fraction of sp³-hybridized carbons (Fsp3) is 0.529. The summed E-state index contributed by atoms with van der Waals surface area (Å²) in [6.07, 6.45) is 3.99. The average Bonchev–Trinajstić information content (AvgIpc) is 2.41. The predicted octanol–water partition coefficient (Wildman–Crippen LogP) is 5.44. The van der Waals surface area contributed by atoms with E-state index in [0.29, 0.717) is 12.0 Å². The van der Waals surface area contributed by atoms with E-state index in [1.54, 1.807) is 19.1 Å². The molecule has 1 atom stereocenters. The minimum Gasteiger partial charge on any atom is -0.386 e. The van der Waals surface area contributed by atoms with Gasteiger partial charge in [0.2, 0.25) is 0 Å². The molecular weight excluding hydrogens is 277 g/mol. The van der Waals surface area contributed by atoms with Crippen LogP contribution in [0.2, 0.25) is 0 Å². The SMILES string of the molecule is CCCCCC[C@@](C)(O)/C=C/c1ccc(C(F)(F)F)cc1. The maximum atomic E-state index is 12.4. The zero-order valence-electron chi connectivity index (χ0n) is 12.6. The van der Waals surface area contributed by atoms with E-state index >= 15 is 0 Å². The van der Waals surface area contributed by atoms with Crippen LogP contribution in [0, 0.1) is 0 Å². The number of benzene rings is 1. The fourth-order valence-corrected chi connectivity index (χ4v) is 2.05. The molecule has 0 saturated heterocycles. The first-order chi connectivity index (χ1) is 9.74. The van der Waals surface area contributed by atoms with E-state index in [-0.39, 0.29) is 0 Å². The second-order valence-electron chi connectivity index (χ2n) is 5.62. The van der Waals surface area contributed by atoms with Gasteiger partial charge < -0.3 is 5.11 Å². The van der Waals surface area contributed by atoms with Crippen molar-refractivity contribution < 1.29 is 18.3 Å². The molecule has 0 spiro atoms. The molecule has 0 unspecified atom stereocenters. The van der Waals surface area contributed by atoms with Gasteiger partial charge in [-0.15, -0.1) is 0 Å². The van der Waals surface area contributed by atoms with Gasteiger partial charge in [0.1, 0.15) is 0 Å². The van der Waals surface area contributed by atoms with Crippen LogP contribution < -0.4 is 0 Å². The lowest BCUT2D eigenvalue weighted by molar-refractivity contribution is -0.137. The third-order valence-electron chi connectivity index (χ3n) is 3.41. The van der Waals surface area contributed by atoms with Crippen LogP contribution in [-0.2, 0) is 6.18 Å². The first-order valence-corrected chi connectivity index (χ1v) is 7.33. The number of unbranched alkanes of at least 4 members (excludes halogenated alkanes) is 3. The molecule has 0 aliphatic rings. The van der Waals surface area contributed by atoms with Crippen molar-refractivity contribution in [3.05, 3.63) is 41.5 Å². The highest BCUT2D eigenvalue weighted by molar-refractivity contribution is 5.51. The van der Waals surface area contributed by atoms with E-state index in [4.69, 9.17) is 0 Å². The topological polar surface area (TPSA) is 20.2 Å². The maximum Gasteiger partial charge on any atom is 0.416 e. The molecule has 118 valence electrons. The molecule has 0 aromatic heterocycles. The molecule has 0 bridgehead atoms. The normalized spacial score (nSPS) is 15.3. The first-order valence-electron chi connectivity index (χ1n) is 7.33. The van der Waals surface area contributed by atoms with Crippen molar-refractivity contribution in [1.82, 2.24) is 0 Å². The van der Waals surface area contributed by atoms with E-state index in [1.807, 2.05) is 0 Å². The highest BCUT2D eigenvalue weighted by atomic mass is 19.4.